The lowest BCUT2D eigenvalue weighted by atomic mass is 10.1. The fraction of sp³-hybridized carbons (Fsp3) is 0.0667. The quantitative estimate of drug-likeness (QED) is 0.702. The summed E-state index contributed by atoms with van der Waals surface area (Å²) in [6.45, 7) is 0.754. The van der Waals surface area contributed by atoms with E-state index in [1.807, 2.05) is 30.3 Å². The molecule has 0 saturated carbocycles. The van der Waals surface area contributed by atoms with E-state index in [-0.39, 0.29) is 0 Å². The van der Waals surface area contributed by atoms with Gasteiger partial charge in [-0.2, -0.15) is 0 Å². The van der Waals surface area contributed by atoms with Crippen LogP contribution in [-0.4, -0.2) is 9.97 Å². The van der Waals surface area contributed by atoms with E-state index in [2.05, 4.69) is 15.3 Å². The Bertz CT molecular complexity index is 695. The summed E-state index contributed by atoms with van der Waals surface area (Å²) < 4.78 is 0. The zero-order valence-corrected chi connectivity index (χ0v) is 10.4. The summed E-state index contributed by atoms with van der Waals surface area (Å²) in [6.07, 6.45) is 7.16. The number of nitrogens with zero attached hydrogens (tertiary/aromatic N) is 2. The van der Waals surface area contributed by atoms with E-state index in [0.29, 0.717) is 0 Å². The number of pyridine rings is 2. The maximum atomic E-state index is 5.96. The SMILES string of the molecule is Nc1ccc(NCc2ccncc2)c2ccncc12. The number of nitrogen functional groups attached to an aromatic ring is 1. The van der Waals surface area contributed by atoms with E-state index in [9.17, 15) is 0 Å². The number of anilines is 2. The van der Waals surface area contributed by atoms with Crippen LogP contribution in [0.2, 0.25) is 0 Å². The highest BCUT2D eigenvalue weighted by atomic mass is 14.9. The van der Waals surface area contributed by atoms with Crippen LogP contribution in [0.15, 0.2) is 55.1 Å². The number of hydrogen-bond acceptors (Lipinski definition) is 4. The fourth-order valence-electron chi connectivity index (χ4n) is 2.06. The average molecular weight is 250 g/mol. The van der Waals surface area contributed by atoms with Gasteiger partial charge in [0.15, 0.2) is 0 Å². The highest BCUT2D eigenvalue weighted by Gasteiger charge is 2.03. The van der Waals surface area contributed by atoms with Crippen molar-refractivity contribution >= 4 is 22.1 Å². The Balaban J connectivity index is 1.91. The lowest BCUT2D eigenvalue weighted by molar-refractivity contribution is 1.13. The Morgan fingerprint density at radius 2 is 1.68 bits per heavy atom. The van der Waals surface area contributed by atoms with Gasteiger partial charge in [-0.3, -0.25) is 9.97 Å². The number of nitrogens with one attached hydrogen (secondary N) is 1. The molecule has 0 aliphatic heterocycles. The molecule has 0 bridgehead atoms. The van der Waals surface area contributed by atoms with Gasteiger partial charge in [-0.15, -0.1) is 0 Å². The molecular weight excluding hydrogens is 236 g/mol. The Hall–Kier alpha value is -2.62. The molecule has 0 spiro atoms. The molecule has 0 unspecified atom stereocenters. The maximum Gasteiger partial charge on any atom is 0.0425 e. The first-order valence-electron chi connectivity index (χ1n) is 6.09. The molecule has 0 fully saturated rings. The number of aromatic nitrogens is 2. The zero-order valence-electron chi connectivity index (χ0n) is 10.4. The second kappa shape index (κ2) is 4.94. The number of fused-ring (bicyclic) bond motifs is 1. The van der Waals surface area contributed by atoms with Crippen molar-refractivity contribution in [3.05, 3.63) is 60.7 Å². The van der Waals surface area contributed by atoms with Gasteiger partial charge in [-0.05, 0) is 35.9 Å². The van der Waals surface area contributed by atoms with Crippen LogP contribution in [0.4, 0.5) is 11.4 Å². The van der Waals surface area contributed by atoms with Crippen LogP contribution >= 0.6 is 0 Å². The predicted molar refractivity (Wildman–Crippen MR) is 77.7 cm³/mol. The van der Waals surface area contributed by atoms with Crippen molar-refractivity contribution in [1.29, 1.82) is 0 Å². The average Bonchev–Trinajstić information content (AvgIpc) is 2.48. The van der Waals surface area contributed by atoms with Crippen molar-refractivity contribution in [2.45, 2.75) is 6.54 Å². The summed E-state index contributed by atoms with van der Waals surface area (Å²) >= 11 is 0. The second-order valence-electron chi connectivity index (χ2n) is 4.33. The van der Waals surface area contributed by atoms with E-state index in [4.69, 9.17) is 5.73 Å². The van der Waals surface area contributed by atoms with Crippen molar-refractivity contribution in [2.24, 2.45) is 0 Å². The van der Waals surface area contributed by atoms with Gasteiger partial charge in [0.05, 0.1) is 0 Å². The molecule has 2 heterocycles. The zero-order chi connectivity index (χ0) is 13.1. The largest absolute Gasteiger partial charge is 0.398 e. The minimum Gasteiger partial charge on any atom is -0.398 e. The summed E-state index contributed by atoms with van der Waals surface area (Å²) in [5.41, 5.74) is 8.95. The van der Waals surface area contributed by atoms with Crippen LogP contribution < -0.4 is 11.1 Å². The third-order valence-corrected chi connectivity index (χ3v) is 3.08. The third kappa shape index (κ3) is 2.33. The maximum absolute atomic E-state index is 5.96. The van der Waals surface area contributed by atoms with Gasteiger partial charge < -0.3 is 11.1 Å². The lowest BCUT2D eigenvalue weighted by Gasteiger charge is -2.11. The van der Waals surface area contributed by atoms with E-state index < -0.39 is 0 Å². The van der Waals surface area contributed by atoms with Crippen LogP contribution in [0.1, 0.15) is 5.56 Å². The molecule has 1 aromatic carbocycles. The Labute approximate surface area is 111 Å². The predicted octanol–water partition coefficient (Wildman–Crippen LogP) is 2.82. The normalized spacial score (nSPS) is 10.5. The van der Waals surface area contributed by atoms with Crippen LogP contribution in [-0.2, 0) is 6.54 Å². The first kappa shape index (κ1) is 11.5. The first-order valence-corrected chi connectivity index (χ1v) is 6.09. The highest BCUT2D eigenvalue weighted by molar-refractivity contribution is 6.00. The van der Waals surface area contributed by atoms with Gasteiger partial charge in [-0.25, -0.2) is 0 Å². The lowest BCUT2D eigenvalue weighted by Crippen LogP contribution is -2.01. The van der Waals surface area contributed by atoms with E-state index in [0.717, 1.165) is 28.7 Å². The monoisotopic (exact) mass is 250 g/mol. The van der Waals surface area contributed by atoms with Gasteiger partial charge in [0.25, 0.3) is 0 Å². The second-order valence-corrected chi connectivity index (χ2v) is 4.33. The van der Waals surface area contributed by atoms with E-state index in [1.165, 1.54) is 5.56 Å². The van der Waals surface area contributed by atoms with Crippen LogP contribution in [0.3, 0.4) is 0 Å². The Morgan fingerprint density at radius 1 is 0.895 bits per heavy atom. The van der Waals surface area contributed by atoms with Gasteiger partial charge in [0, 0.05) is 53.5 Å². The molecule has 19 heavy (non-hydrogen) atoms. The minimum absolute atomic E-state index is 0.748. The van der Waals surface area contributed by atoms with Gasteiger partial charge in [0.2, 0.25) is 0 Å². The van der Waals surface area contributed by atoms with Gasteiger partial charge in [0.1, 0.15) is 0 Å². The topological polar surface area (TPSA) is 63.8 Å². The molecule has 3 aromatic rings. The number of rotatable bonds is 3. The number of nitrogens with two attached hydrogens (primary N) is 1. The molecule has 0 saturated heterocycles. The van der Waals surface area contributed by atoms with Crippen molar-refractivity contribution < 1.29 is 0 Å². The van der Waals surface area contributed by atoms with Crippen molar-refractivity contribution in [3.63, 3.8) is 0 Å². The molecule has 4 heteroatoms. The van der Waals surface area contributed by atoms with Crippen LogP contribution in [0, 0.1) is 0 Å². The summed E-state index contributed by atoms with van der Waals surface area (Å²) in [5, 5.41) is 5.48. The van der Waals surface area contributed by atoms with Crippen molar-refractivity contribution in [1.82, 2.24) is 9.97 Å². The number of benzene rings is 1. The molecule has 3 rings (SSSR count). The summed E-state index contributed by atoms with van der Waals surface area (Å²) in [5.74, 6) is 0. The Kier molecular flexibility index (Phi) is 2.98. The molecule has 0 aliphatic carbocycles. The molecule has 2 aromatic heterocycles. The smallest absolute Gasteiger partial charge is 0.0425 e. The summed E-state index contributed by atoms with van der Waals surface area (Å²) in [7, 11) is 0. The van der Waals surface area contributed by atoms with E-state index >= 15 is 0 Å². The highest BCUT2D eigenvalue weighted by Crippen LogP contribution is 2.27. The molecular formula is C15H14N4. The summed E-state index contributed by atoms with van der Waals surface area (Å²) in [4.78, 5) is 8.13. The standard InChI is InChI=1S/C15H14N4/c16-14-1-2-15(12-5-8-18-10-13(12)14)19-9-11-3-6-17-7-4-11/h1-8,10,19H,9,16H2. The summed E-state index contributed by atoms with van der Waals surface area (Å²) in [6, 6.07) is 9.86. The molecule has 0 atom stereocenters. The number of hydrogen-bond donors (Lipinski definition) is 2. The minimum atomic E-state index is 0.748. The molecule has 94 valence electrons. The van der Waals surface area contributed by atoms with Crippen molar-refractivity contribution in [3.8, 4) is 0 Å². The fourth-order valence-corrected chi connectivity index (χ4v) is 2.06. The molecule has 4 nitrogen and oxygen atoms in total. The molecule has 0 amide bonds. The molecule has 0 aliphatic rings. The van der Waals surface area contributed by atoms with Crippen LogP contribution in [0.5, 0.6) is 0 Å². The van der Waals surface area contributed by atoms with Gasteiger partial charge in [-0.1, -0.05) is 0 Å². The Morgan fingerprint density at radius 3 is 2.53 bits per heavy atom. The van der Waals surface area contributed by atoms with E-state index in [1.54, 1.807) is 24.8 Å². The van der Waals surface area contributed by atoms with Crippen molar-refractivity contribution in [2.75, 3.05) is 11.1 Å². The first-order chi connectivity index (χ1) is 9.34. The van der Waals surface area contributed by atoms with Crippen LogP contribution in [0.25, 0.3) is 10.8 Å². The molecule has 0 radical (unpaired) electrons. The molecule has 3 N–H and O–H groups in total. The third-order valence-electron chi connectivity index (χ3n) is 3.08. The van der Waals surface area contributed by atoms with Gasteiger partial charge >= 0.3 is 0 Å².